The fourth-order valence-corrected chi connectivity index (χ4v) is 3.83. The maximum Gasteiger partial charge on any atom is 0.184 e. The Hall–Kier alpha value is -3.37. The highest BCUT2D eigenvalue weighted by Crippen LogP contribution is 2.32. The van der Waals surface area contributed by atoms with Crippen LogP contribution in [0.2, 0.25) is 0 Å². The molecule has 4 heteroatoms. The zero-order chi connectivity index (χ0) is 21.1. The van der Waals surface area contributed by atoms with Gasteiger partial charge in [-0.05, 0) is 50.3 Å². The monoisotopic (exact) mass is 398 g/mol. The van der Waals surface area contributed by atoms with Gasteiger partial charge in [0.2, 0.25) is 0 Å². The van der Waals surface area contributed by atoms with Crippen LogP contribution in [0.3, 0.4) is 0 Å². The van der Waals surface area contributed by atoms with Crippen molar-refractivity contribution in [1.82, 2.24) is 9.88 Å². The summed E-state index contributed by atoms with van der Waals surface area (Å²) in [5, 5.41) is 1.00. The van der Waals surface area contributed by atoms with Crippen LogP contribution in [-0.4, -0.2) is 29.8 Å². The molecule has 1 heterocycles. The van der Waals surface area contributed by atoms with Crippen molar-refractivity contribution in [2.24, 2.45) is 0 Å². The fourth-order valence-electron chi connectivity index (χ4n) is 3.83. The number of ether oxygens (including phenoxy) is 1. The lowest BCUT2D eigenvalue weighted by atomic mass is 9.93. The third-order valence-corrected chi connectivity index (χ3v) is 5.40. The molecule has 1 unspecified atom stereocenters. The van der Waals surface area contributed by atoms with Gasteiger partial charge in [0.25, 0.3) is 0 Å². The van der Waals surface area contributed by atoms with Crippen LogP contribution in [0.25, 0.3) is 10.9 Å². The minimum Gasteiger partial charge on any atom is -0.489 e. The summed E-state index contributed by atoms with van der Waals surface area (Å²) >= 11 is 0. The predicted octanol–water partition coefficient (Wildman–Crippen LogP) is 5.54. The molecule has 0 radical (unpaired) electrons. The van der Waals surface area contributed by atoms with Gasteiger partial charge in [-0.25, -0.2) is 0 Å². The lowest BCUT2D eigenvalue weighted by molar-refractivity contribution is 0.0876. The van der Waals surface area contributed by atoms with Crippen LogP contribution in [-0.2, 0) is 6.61 Å². The van der Waals surface area contributed by atoms with Gasteiger partial charge < -0.3 is 9.72 Å². The van der Waals surface area contributed by atoms with Gasteiger partial charge in [-0.1, -0.05) is 54.6 Å². The number of aromatic amines is 1. The number of likely N-dealkylation sites (N-methyl/N-ethyl adjacent to an activating group) is 1. The number of hydrogen-bond donors (Lipinski definition) is 1. The van der Waals surface area contributed by atoms with Crippen LogP contribution in [0.4, 0.5) is 0 Å². The van der Waals surface area contributed by atoms with E-state index in [1.54, 1.807) is 0 Å². The summed E-state index contributed by atoms with van der Waals surface area (Å²) in [5.41, 5.74) is 4.80. The molecule has 0 saturated carbocycles. The fraction of sp³-hybridized carbons (Fsp3) is 0.192. The molecule has 0 spiro atoms. The molecule has 0 amide bonds. The molecule has 152 valence electrons. The van der Waals surface area contributed by atoms with E-state index in [4.69, 9.17) is 4.74 Å². The van der Waals surface area contributed by atoms with E-state index in [-0.39, 0.29) is 11.8 Å². The molecule has 4 aromatic rings. The first kappa shape index (κ1) is 19.9. The first-order chi connectivity index (χ1) is 14.5. The Balaban J connectivity index is 1.68. The molecule has 0 aliphatic heterocycles. The lowest BCUT2D eigenvalue weighted by Gasteiger charge is -2.23. The third kappa shape index (κ3) is 4.00. The molecular formula is C26H26N2O2. The summed E-state index contributed by atoms with van der Waals surface area (Å²) < 4.78 is 6.02. The molecule has 4 nitrogen and oxygen atoms in total. The Labute approximate surface area is 177 Å². The molecule has 0 aliphatic carbocycles. The number of nitrogens with one attached hydrogen (secondary N) is 1. The van der Waals surface area contributed by atoms with Crippen molar-refractivity contribution >= 4 is 16.7 Å². The predicted molar refractivity (Wildman–Crippen MR) is 121 cm³/mol. The normalized spacial score (nSPS) is 12.3. The summed E-state index contributed by atoms with van der Waals surface area (Å²) in [7, 11) is 3.88. The Morgan fingerprint density at radius 3 is 2.47 bits per heavy atom. The number of fused-ring (bicyclic) bond motifs is 1. The van der Waals surface area contributed by atoms with E-state index in [9.17, 15) is 4.79 Å². The van der Waals surface area contributed by atoms with Crippen LogP contribution < -0.4 is 4.74 Å². The van der Waals surface area contributed by atoms with Crippen LogP contribution in [0.1, 0.15) is 33.1 Å². The van der Waals surface area contributed by atoms with Gasteiger partial charge in [0.05, 0.1) is 0 Å². The number of H-pyrrole nitrogens is 1. The van der Waals surface area contributed by atoms with E-state index in [1.165, 1.54) is 0 Å². The van der Waals surface area contributed by atoms with E-state index in [2.05, 4.69) is 4.98 Å². The lowest BCUT2D eigenvalue weighted by Crippen LogP contribution is -2.28. The zero-order valence-electron chi connectivity index (χ0n) is 17.6. The molecule has 0 fully saturated rings. The summed E-state index contributed by atoms with van der Waals surface area (Å²) in [6.45, 7) is 2.48. The Bertz CT molecular complexity index is 1160. The second kappa shape index (κ2) is 8.56. The first-order valence-corrected chi connectivity index (χ1v) is 10.1. The van der Waals surface area contributed by atoms with Gasteiger partial charge in [-0.2, -0.15) is 0 Å². The molecule has 0 bridgehead atoms. The third-order valence-electron chi connectivity index (χ3n) is 5.40. The number of benzene rings is 3. The second-order valence-corrected chi connectivity index (χ2v) is 7.77. The Morgan fingerprint density at radius 2 is 1.73 bits per heavy atom. The number of carbonyl (C=O) groups excluding carboxylic acids is 1. The summed E-state index contributed by atoms with van der Waals surface area (Å²) in [5.74, 6) is 0.877. The van der Waals surface area contributed by atoms with E-state index < -0.39 is 0 Å². The second-order valence-electron chi connectivity index (χ2n) is 7.77. The Kier molecular flexibility index (Phi) is 5.68. The van der Waals surface area contributed by atoms with Gasteiger partial charge >= 0.3 is 0 Å². The van der Waals surface area contributed by atoms with Crippen molar-refractivity contribution in [2.75, 3.05) is 14.1 Å². The number of aryl methyl sites for hydroxylation is 1. The van der Waals surface area contributed by atoms with Gasteiger partial charge in [0.1, 0.15) is 18.4 Å². The van der Waals surface area contributed by atoms with E-state index in [0.717, 1.165) is 38.9 Å². The van der Waals surface area contributed by atoms with Gasteiger partial charge in [-0.15, -0.1) is 0 Å². The summed E-state index contributed by atoms with van der Waals surface area (Å²) in [6.07, 6.45) is 1.94. The molecule has 0 aliphatic rings. The molecule has 1 aromatic heterocycles. The maximum absolute atomic E-state index is 13.5. The van der Waals surface area contributed by atoms with Crippen molar-refractivity contribution in [3.63, 3.8) is 0 Å². The number of carbonyl (C=O) groups is 1. The minimum absolute atomic E-state index is 0.0922. The first-order valence-electron chi connectivity index (χ1n) is 10.1. The Morgan fingerprint density at radius 1 is 1.00 bits per heavy atom. The molecule has 30 heavy (non-hydrogen) atoms. The molecule has 3 aromatic carbocycles. The van der Waals surface area contributed by atoms with E-state index in [1.807, 2.05) is 105 Å². The average molecular weight is 399 g/mol. The van der Waals surface area contributed by atoms with Crippen molar-refractivity contribution in [3.05, 3.63) is 101 Å². The number of nitrogens with zero attached hydrogens (tertiary/aromatic N) is 1. The van der Waals surface area contributed by atoms with Gasteiger partial charge in [0, 0.05) is 28.2 Å². The smallest absolute Gasteiger partial charge is 0.184 e. The van der Waals surface area contributed by atoms with Crippen molar-refractivity contribution in [2.45, 2.75) is 19.6 Å². The highest BCUT2D eigenvalue weighted by atomic mass is 16.5. The highest BCUT2D eigenvalue weighted by molar-refractivity contribution is 6.04. The molecule has 0 saturated heterocycles. The van der Waals surface area contributed by atoms with Crippen molar-refractivity contribution in [3.8, 4) is 5.75 Å². The van der Waals surface area contributed by atoms with Crippen molar-refractivity contribution in [1.29, 1.82) is 0 Å². The van der Waals surface area contributed by atoms with Crippen LogP contribution in [0.15, 0.2) is 79.0 Å². The molecule has 4 rings (SSSR count). The quantitative estimate of drug-likeness (QED) is 0.416. The number of Topliss-reactive ketones (excluding diaryl/α,β-unsaturated/α-hetero) is 1. The average Bonchev–Trinajstić information content (AvgIpc) is 3.16. The van der Waals surface area contributed by atoms with Crippen LogP contribution in [0, 0.1) is 6.92 Å². The number of hydrogen-bond acceptors (Lipinski definition) is 3. The summed E-state index contributed by atoms with van der Waals surface area (Å²) in [4.78, 5) is 18.7. The molecule has 1 atom stereocenters. The maximum atomic E-state index is 13.5. The van der Waals surface area contributed by atoms with Crippen molar-refractivity contribution < 1.29 is 9.53 Å². The zero-order valence-corrected chi connectivity index (χ0v) is 17.6. The van der Waals surface area contributed by atoms with Crippen LogP contribution in [0.5, 0.6) is 5.75 Å². The molecule has 1 N–H and O–H groups in total. The summed E-state index contributed by atoms with van der Waals surface area (Å²) in [6, 6.07) is 23.4. The topological polar surface area (TPSA) is 45.3 Å². The van der Waals surface area contributed by atoms with Gasteiger partial charge in [0.15, 0.2) is 5.78 Å². The standard InChI is InChI=1S/C26H26N2O2/c1-18-9-7-8-12-21(18)26(29)25(28(2)3)23-16-27-24-14-13-20(15-22(23)24)30-17-19-10-5-4-6-11-19/h4-16,25,27H,17H2,1-3H3. The van der Waals surface area contributed by atoms with Crippen LogP contribution >= 0.6 is 0 Å². The SMILES string of the molecule is Cc1ccccc1C(=O)C(c1c[nH]c2ccc(OCc3ccccc3)cc12)N(C)C. The number of ketones is 1. The van der Waals surface area contributed by atoms with Gasteiger partial charge in [-0.3, -0.25) is 9.69 Å². The van der Waals surface area contributed by atoms with E-state index >= 15 is 0 Å². The van der Waals surface area contributed by atoms with E-state index in [0.29, 0.717) is 6.61 Å². The largest absolute Gasteiger partial charge is 0.489 e. The minimum atomic E-state index is -0.385. The number of aromatic nitrogens is 1. The molecular weight excluding hydrogens is 372 g/mol. The highest BCUT2D eigenvalue weighted by Gasteiger charge is 2.27. The number of rotatable bonds is 7.